The van der Waals surface area contributed by atoms with Crippen LogP contribution in [0.4, 0.5) is 14.5 Å². The van der Waals surface area contributed by atoms with E-state index in [4.69, 9.17) is 10.5 Å². The number of Topliss-reactive ketones (excluding diaryl/α,β-unsaturated/α-hetero) is 1. The molecule has 1 amide bonds. The molecule has 2 saturated carbocycles. The largest absolute Gasteiger partial charge is 0.398 e. The number of ketones is 1. The number of aromatic nitrogens is 3. The van der Waals surface area contributed by atoms with Gasteiger partial charge in [0.25, 0.3) is 0 Å². The van der Waals surface area contributed by atoms with Gasteiger partial charge in [0.05, 0.1) is 36.5 Å². The molecule has 0 radical (unpaired) electrons. The van der Waals surface area contributed by atoms with Crippen LogP contribution >= 0.6 is 0 Å². The number of amides is 1. The Bertz CT molecular complexity index is 2070. The molecule has 3 atom stereocenters. The van der Waals surface area contributed by atoms with Gasteiger partial charge in [-0.15, -0.1) is 0 Å². The van der Waals surface area contributed by atoms with Crippen LogP contribution in [0, 0.1) is 17.0 Å². The Hall–Kier alpha value is -4.87. The first-order chi connectivity index (χ1) is 25.7. The summed E-state index contributed by atoms with van der Waals surface area (Å²) in [7, 11) is 1.62. The molecule has 4 aliphatic rings. The van der Waals surface area contributed by atoms with Gasteiger partial charge in [0.1, 0.15) is 11.6 Å². The summed E-state index contributed by atoms with van der Waals surface area (Å²) in [4.78, 5) is 43.7. The van der Waals surface area contributed by atoms with Crippen molar-refractivity contribution in [2.24, 2.45) is 5.41 Å². The highest BCUT2D eigenvalue weighted by Gasteiger charge is 2.45. The fourth-order valence-electron chi connectivity index (χ4n) is 8.23. The molecule has 53 heavy (non-hydrogen) atoms. The van der Waals surface area contributed by atoms with Crippen molar-refractivity contribution < 1.29 is 23.1 Å². The predicted octanol–water partition coefficient (Wildman–Crippen LogP) is 6.31. The van der Waals surface area contributed by atoms with E-state index in [1.807, 2.05) is 24.4 Å². The normalized spacial score (nSPS) is 22.8. The van der Waals surface area contributed by atoms with Crippen molar-refractivity contribution in [1.29, 1.82) is 0 Å². The van der Waals surface area contributed by atoms with Crippen LogP contribution < -0.4 is 5.73 Å². The molecular formula is C42H44F2N6O3. The van der Waals surface area contributed by atoms with Crippen LogP contribution in [0.1, 0.15) is 77.8 Å². The number of hydrogen-bond acceptors (Lipinski definition) is 8. The molecule has 2 unspecified atom stereocenters. The minimum Gasteiger partial charge on any atom is -0.398 e. The van der Waals surface area contributed by atoms with E-state index in [-0.39, 0.29) is 36.0 Å². The Morgan fingerprint density at radius 3 is 2.57 bits per heavy atom. The lowest BCUT2D eigenvalue weighted by Gasteiger charge is -2.30. The van der Waals surface area contributed by atoms with E-state index in [2.05, 4.69) is 38.1 Å². The number of ether oxygens (including phenoxy) is 1. The molecule has 0 bridgehead atoms. The van der Waals surface area contributed by atoms with E-state index < -0.39 is 17.0 Å². The van der Waals surface area contributed by atoms with E-state index in [1.54, 1.807) is 24.1 Å². The number of carbonyl (C=O) groups is 2. The maximum atomic E-state index is 15.0. The zero-order chi connectivity index (χ0) is 36.7. The smallest absolute Gasteiger partial charge is 0.237 e. The van der Waals surface area contributed by atoms with Gasteiger partial charge in [-0.05, 0) is 109 Å². The van der Waals surface area contributed by atoms with Crippen LogP contribution in [-0.2, 0) is 20.7 Å². The van der Waals surface area contributed by atoms with Gasteiger partial charge in [0, 0.05) is 56.7 Å². The molecule has 2 aromatic heterocycles. The molecule has 2 aliphatic heterocycles. The number of nitrogens with zero attached hydrogens (tertiary/aromatic N) is 5. The van der Waals surface area contributed by atoms with E-state index in [9.17, 15) is 18.4 Å². The van der Waals surface area contributed by atoms with E-state index in [0.29, 0.717) is 63.4 Å². The number of nitrogens with two attached hydrogens (primary N) is 1. The van der Waals surface area contributed by atoms with Gasteiger partial charge in [-0.1, -0.05) is 24.3 Å². The number of carbonyl (C=O) groups excluding carboxylic acids is 2. The number of pyridine rings is 1. The minimum absolute atomic E-state index is 0.00318. The van der Waals surface area contributed by atoms with Crippen molar-refractivity contribution in [3.05, 3.63) is 113 Å². The number of benzene rings is 2. The molecule has 1 saturated heterocycles. The van der Waals surface area contributed by atoms with Crippen molar-refractivity contribution in [3.8, 4) is 11.4 Å². The first-order valence-corrected chi connectivity index (χ1v) is 18.5. The molecule has 3 fully saturated rings. The van der Waals surface area contributed by atoms with Crippen LogP contribution in [-0.4, -0.2) is 82.9 Å². The summed E-state index contributed by atoms with van der Waals surface area (Å²) >= 11 is 0. The predicted molar refractivity (Wildman–Crippen MR) is 198 cm³/mol. The van der Waals surface area contributed by atoms with Gasteiger partial charge in [0.15, 0.2) is 11.6 Å². The van der Waals surface area contributed by atoms with Gasteiger partial charge in [-0.2, -0.15) is 0 Å². The SMILES string of the molecule is COC[C@]1(C(=O)Cc2ccc(N)c(C3CC3c3ccnc(C4CC4)c3)c2)CCN(CC(=O)N2CC=C(c3ccc(-c4ncc(F)cn4)c(F)c3)CC2)C1. The monoisotopic (exact) mass is 718 g/mol. The summed E-state index contributed by atoms with van der Waals surface area (Å²) in [5.41, 5.74) is 13.0. The van der Waals surface area contributed by atoms with Crippen molar-refractivity contribution in [2.75, 3.05) is 52.2 Å². The highest BCUT2D eigenvalue weighted by Crippen LogP contribution is 2.56. The number of anilines is 1. The standard InChI is InChI=1S/C42H44F2N6O3/c1-53-25-42(39(51)17-26-2-7-37(45)35(16-26)34-20-33(34)30-8-12-46-38(19-30)28-3-4-28)11-15-49(24-42)23-40(52)50-13-9-27(10-14-50)29-5-6-32(36(44)18-29)41-47-21-31(43)22-48-41/h2,5-9,12,16,18-19,21-22,28,33-34H,3-4,10-11,13-15,17,20,23-25,45H2,1H3/t33?,34?,42-/m0/s1. The summed E-state index contributed by atoms with van der Waals surface area (Å²) in [6.45, 7) is 2.53. The second-order valence-corrected chi connectivity index (χ2v) is 15.2. The Morgan fingerprint density at radius 1 is 1.00 bits per heavy atom. The van der Waals surface area contributed by atoms with Gasteiger partial charge in [-0.3, -0.25) is 19.5 Å². The fraction of sp³-hybridized carbons (Fsp3) is 0.405. The summed E-state index contributed by atoms with van der Waals surface area (Å²) < 4.78 is 33.8. The van der Waals surface area contributed by atoms with Crippen molar-refractivity contribution >= 4 is 23.0 Å². The average molecular weight is 719 g/mol. The lowest BCUT2D eigenvalue weighted by Crippen LogP contribution is -2.44. The van der Waals surface area contributed by atoms with Gasteiger partial charge in [-0.25, -0.2) is 18.7 Å². The number of hydrogen-bond donors (Lipinski definition) is 1. The van der Waals surface area contributed by atoms with Crippen molar-refractivity contribution in [2.45, 2.75) is 56.3 Å². The maximum absolute atomic E-state index is 15.0. The topological polar surface area (TPSA) is 115 Å². The van der Waals surface area contributed by atoms with Crippen LogP contribution in [0.25, 0.3) is 17.0 Å². The molecule has 2 aromatic carbocycles. The zero-order valence-electron chi connectivity index (χ0n) is 29.9. The molecule has 2 N–H and O–H groups in total. The lowest BCUT2D eigenvalue weighted by atomic mass is 9.80. The minimum atomic E-state index is -0.695. The summed E-state index contributed by atoms with van der Waals surface area (Å²) in [6, 6.07) is 15.2. The fourth-order valence-corrected chi connectivity index (χ4v) is 8.23. The zero-order valence-corrected chi connectivity index (χ0v) is 29.9. The molecule has 2 aliphatic carbocycles. The second kappa shape index (κ2) is 14.5. The van der Waals surface area contributed by atoms with E-state index >= 15 is 0 Å². The quantitative estimate of drug-likeness (QED) is 0.170. The summed E-state index contributed by atoms with van der Waals surface area (Å²) in [5, 5.41) is 0. The number of halogens is 2. The molecular weight excluding hydrogens is 674 g/mol. The molecule has 4 heterocycles. The van der Waals surface area contributed by atoms with E-state index in [1.165, 1.54) is 30.2 Å². The molecule has 0 spiro atoms. The number of nitrogen functional groups attached to an aromatic ring is 1. The molecule has 11 heteroatoms. The van der Waals surface area contributed by atoms with Gasteiger partial charge in [0.2, 0.25) is 5.91 Å². The van der Waals surface area contributed by atoms with Crippen molar-refractivity contribution in [3.63, 3.8) is 0 Å². The van der Waals surface area contributed by atoms with E-state index in [0.717, 1.165) is 46.8 Å². The molecule has 8 rings (SSSR count). The third-order valence-corrected chi connectivity index (χ3v) is 11.5. The van der Waals surface area contributed by atoms with Crippen LogP contribution in [0.5, 0.6) is 0 Å². The van der Waals surface area contributed by atoms with Crippen molar-refractivity contribution in [1.82, 2.24) is 24.8 Å². The summed E-state index contributed by atoms with van der Waals surface area (Å²) in [5.74, 6) is 0.533. The first-order valence-electron chi connectivity index (χ1n) is 18.5. The van der Waals surface area contributed by atoms with Crippen LogP contribution in [0.3, 0.4) is 0 Å². The number of methoxy groups -OCH3 is 1. The Morgan fingerprint density at radius 2 is 1.83 bits per heavy atom. The Balaban J connectivity index is 0.873. The summed E-state index contributed by atoms with van der Waals surface area (Å²) in [6.07, 6.45) is 10.9. The third kappa shape index (κ3) is 7.50. The Kier molecular flexibility index (Phi) is 9.63. The average Bonchev–Trinajstić information content (AvgIpc) is 4.11. The van der Waals surface area contributed by atoms with Gasteiger partial charge >= 0.3 is 0 Å². The van der Waals surface area contributed by atoms with Crippen LogP contribution in [0.2, 0.25) is 0 Å². The second-order valence-electron chi connectivity index (χ2n) is 15.2. The first kappa shape index (κ1) is 35.2. The highest BCUT2D eigenvalue weighted by molar-refractivity contribution is 5.88. The Labute approximate surface area is 308 Å². The van der Waals surface area contributed by atoms with Gasteiger partial charge < -0.3 is 15.4 Å². The molecule has 274 valence electrons. The van der Waals surface area contributed by atoms with Crippen LogP contribution in [0.15, 0.2) is 73.2 Å². The third-order valence-electron chi connectivity index (χ3n) is 11.5. The highest BCUT2D eigenvalue weighted by atomic mass is 19.1. The maximum Gasteiger partial charge on any atom is 0.237 e. The lowest BCUT2D eigenvalue weighted by molar-refractivity contribution is -0.134. The number of rotatable bonds is 12. The molecule has 9 nitrogen and oxygen atoms in total. The molecule has 4 aromatic rings. The number of likely N-dealkylation sites (tertiary alicyclic amines) is 1.